The second-order valence-corrected chi connectivity index (χ2v) is 3.19. The third kappa shape index (κ3) is 3.67. The SMILES string of the molecule is C#CC(C)(CC(C)C)OC=O. The second kappa shape index (κ2) is 4.02. The van der Waals surface area contributed by atoms with E-state index < -0.39 is 5.60 Å². The molecule has 1 unspecified atom stereocenters. The standard InChI is InChI=1S/C9H14O2/c1-5-9(4,11-7-10)6-8(2)3/h1,7-8H,6H2,2-4H3. The zero-order valence-electron chi connectivity index (χ0n) is 7.26. The molecule has 0 saturated heterocycles. The van der Waals surface area contributed by atoms with Crippen molar-refractivity contribution in [2.24, 2.45) is 5.92 Å². The molecule has 0 aliphatic rings. The van der Waals surface area contributed by atoms with Gasteiger partial charge in [0.05, 0.1) is 0 Å². The van der Waals surface area contributed by atoms with E-state index in [1.54, 1.807) is 6.92 Å². The third-order valence-corrected chi connectivity index (χ3v) is 1.41. The predicted octanol–water partition coefficient (Wildman–Crippen LogP) is 1.60. The van der Waals surface area contributed by atoms with Crippen LogP contribution in [-0.2, 0) is 9.53 Å². The molecule has 0 fully saturated rings. The summed E-state index contributed by atoms with van der Waals surface area (Å²) in [7, 11) is 0. The molecule has 0 N–H and O–H groups in total. The molecule has 11 heavy (non-hydrogen) atoms. The molecule has 2 nitrogen and oxygen atoms in total. The highest BCUT2D eigenvalue weighted by Crippen LogP contribution is 2.18. The topological polar surface area (TPSA) is 26.3 Å². The van der Waals surface area contributed by atoms with Gasteiger partial charge in [-0.15, -0.1) is 6.42 Å². The molecule has 0 heterocycles. The highest BCUT2D eigenvalue weighted by molar-refractivity contribution is 5.39. The monoisotopic (exact) mass is 154 g/mol. The van der Waals surface area contributed by atoms with E-state index in [0.29, 0.717) is 18.8 Å². The third-order valence-electron chi connectivity index (χ3n) is 1.41. The molecule has 0 saturated carbocycles. The molecule has 0 aromatic carbocycles. The summed E-state index contributed by atoms with van der Waals surface area (Å²) < 4.78 is 4.77. The van der Waals surface area contributed by atoms with E-state index in [1.807, 2.05) is 13.8 Å². The smallest absolute Gasteiger partial charge is 0.294 e. The predicted molar refractivity (Wildman–Crippen MR) is 43.8 cm³/mol. The second-order valence-electron chi connectivity index (χ2n) is 3.19. The highest BCUT2D eigenvalue weighted by atomic mass is 16.5. The summed E-state index contributed by atoms with van der Waals surface area (Å²) in [6.45, 7) is 6.21. The zero-order chi connectivity index (χ0) is 8.91. The summed E-state index contributed by atoms with van der Waals surface area (Å²) in [5.41, 5.74) is -0.726. The zero-order valence-corrected chi connectivity index (χ0v) is 7.26. The Morgan fingerprint density at radius 1 is 1.73 bits per heavy atom. The van der Waals surface area contributed by atoms with Crippen molar-refractivity contribution < 1.29 is 9.53 Å². The molecule has 0 bridgehead atoms. The fourth-order valence-electron chi connectivity index (χ4n) is 1.03. The number of carbonyl (C=O) groups is 1. The average molecular weight is 154 g/mol. The van der Waals surface area contributed by atoms with Gasteiger partial charge in [0.1, 0.15) is 0 Å². The van der Waals surface area contributed by atoms with Crippen LogP contribution in [0.25, 0.3) is 0 Å². The molecule has 0 aromatic heterocycles. The molecule has 0 amide bonds. The first-order valence-corrected chi connectivity index (χ1v) is 3.63. The van der Waals surface area contributed by atoms with Gasteiger partial charge in [0.15, 0.2) is 5.60 Å². The van der Waals surface area contributed by atoms with Crippen LogP contribution in [0.4, 0.5) is 0 Å². The van der Waals surface area contributed by atoms with Crippen molar-refractivity contribution in [1.29, 1.82) is 0 Å². The maximum Gasteiger partial charge on any atom is 0.294 e. The van der Waals surface area contributed by atoms with Crippen molar-refractivity contribution in [2.45, 2.75) is 32.8 Å². The largest absolute Gasteiger partial charge is 0.448 e. The quantitative estimate of drug-likeness (QED) is 0.454. The summed E-state index contributed by atoms with van der Waals surface area (Å²) in [5.74, 6) is 2.88. The fourth-order valence-corrected chi connectivity index (χ4v) is 1.03. The first kappa shape index (κ1) is 10.0. The molecule has 0 rings (SSSR count). The van der Waals surface area contributed by atoms with E-state index in [2.05, 4.69) is 5.92 Å². The Balaban J connectivity index is 4.12. The molecule has 0 radical (unpaired) electrons. The van der Waals surface area contributed by atoms with E-state index in [0.717, 1.165) is 0 Å². The van der Waals surface area contributed by atoms with Gasteiger partial charge in [-0.3, -0.25) is 4.79 Å². The minimum absolute atomic E-state index is 0.405. The molecular weight excluding hydrogens is 140 g/mol. The maximum absolute atomic E-state index is 10.0. The van der Waals surface area contributed by atoms with E-state index >= 15 is 0 Å². The molecule has 0 spiro atoms. The number of ether oxygens (including phenoxy) is 1. The molecule has 0 aromatic rings. The van der Waals surface area contributed by atoms with Crippen molar-refractivity contribution in [1.82, 2.24) is 0 Å². The summed E-state index contributed by atoms with van der Waals surface area (Å²) >= 11 is 0. The van der Waals surface area contributed by atoms with Gasteiger partial charge in [0, 0.05) is 6.42 Å². The van der Waals surface area contributed by atoms with Gasteiger partial charge in [-0.05, 0) is 12.8 Å². The number of carbonyl (C=O) groups excluding carboxylic acids is 1. The fraction of sp³-hybridized carbons (Fsp3) is 0.667. The van der Waals surface area contributed by atoms with Crippen LogP contribution in [0.15, 0.2) is 0 Å². The van der Waals surface area contributed by atoms with Crippen LogP contribution < -0.4 is 0 Å². The highest BCUT2D eigenvalue weighted by Gasteiger charge is 2.23. The Morgan fingerprint density at radius 3 is 2.55 bits per heavy atom. The van der Waals surface area contributed by atoms with Gasteiger partial charge in [0.25, 0.3) is 6.47 Å². The summed E-state index contributed by atoms with van der Waals surface area (Å²) in [5, 5.41) is 0. The number of rotatable bonds is 4. The Morgan fingerprint density at radius 2 is 2.27 bits per heavy atom. The van der Waals surface area contributed by atoms with Crippen molar-refractivity contribution in [2.75, 3.05) is 0 Å². The molecule has 0 aliphatic carbocycles. The molecule has 0 aliphatic heterocycles. The summed E-state index contributed by atoms with van der Waals surface area (Å²) in [6, 6.07) is 0. The van der Waals surface area contributed by atoms with E-state index in [9.17, 15) is 4.79 Å². The van der Waals surface area contributed by atoms with Gasteiger partial charge in [-0.1, -0.05) is 19.8 Å². The van der Waals surface area contributed by atoms with E-state index in [-0.39, 0.29) is 0 Å². The van der Waals surface area contributed by atoms with E-state index in [4.69, 9.17) is 11.2 Å². The Kier molecular flexibility index (Phi) is 3.67. The van der Waals surface area contributed by atoms with Crippen LogP contribution in [0, 0.1) is 18.3 Å². The first-order chi connectivity index (χ1) is 5.04. The van der Waals surface area contributed by atoms with Crippen molar-refractivity contribution >= 4 is 6.47 Å². The van der Waals surface area contributed by atoms with Crippen molar-refractivity contribution in [3.8, 4) is 12.3 Å². The first-order valence-electron chi connectivity index (χ1n) is 3.63. The van der Waals surface area contributed by atoms with Crippen LogP contribution in [0.5, 0.6) is 0 Å². The van der Waals surface area contributed by atoms with Crippen LogP contribution in [0.1, 0.15) is 27.2 Å². The van der Waals surface area contributed by atoms with Gasteiger partial charge in [-0.25, -0.2) is 0 Å². The van der Waals surface area contributed by atoms with Gasteiger partial charge in [-0.2, -0.15) is 0 Å². The van der Waals surface area contributed by atoms with Gasteiger partial charge < -0.3 is 4.74 Å². The maximum atomic E-state index is 10.0. The Hall–Kier alpha value is -0.970. The van der Waals surface area contributed by atoms with Crippen molar-refractivity contribution in [3.05, 3.63) is 0 Å². The normalized spacial score (nSPS) is 15.2. The van der Waals surface area contributed by atoms with Crippen LogP contribution in [0.2, 0.25) is 0 Å². The lowest BCUT2D eigenvalue weighted by atomic mass is 9.95. The van der Waals surface area contributed by atoms with Gasteiger partial charge >= 0.3 is 0 Å². The average Bonchev–Trinajstić information content (AvgIpc) is 1.87. The van der Waals surface area contributed by atoms with E-state index in [1.165, 1.54) is 0 Å². The number of terminal acetylenes is 1. The van der Waals surface area contributed by atoms with Crippen molar-refractivity contribution in [3.63, 3.8) is 0 Å². The minimum atomic E-state index is -0.726. The van der Waals surface area contributed by atoms with Crippen LogP contribution in [0.3, 0.4) is 0 Å². The molecule has 1 atom stereocenters. The molecule has 2 heteroatoms. The Labute approximate surface area is 67.9 Å². The van der Waals surface area contributed by atoms with Crippen LogP contribution in [-0.4, -0.2) is 12.1 Å². The number of hydrogen-bond acceptors (Lipinski definition) is 2. The number of hydrogen-bond donors (Lipinski definition) is 0. The van der Waals surface area contributed by atoms with Gasteiger partial charge in [0.2, 0.25) is 0 Å². The van der Waals surface area contributed by atoms with Crippen LogP contribution >= 0.6 is 0 Å². The lowest BCUT2D eigenvalue weighted by molar-refractivity contribution is -0.138. The summed E-state index contributed by atoms with van der Waals surface area (Å²) in [6.07, 6.45) is 5.90. The Bertz CT molecular complexity index is 167. The summed E-state index contributed by atoms with van der Waals surface area (Å²) in [4.78, 5) is 10.0. The minimum Gasteiger partial charge on any atom is -0.448 e. The lowest BCUT2D eigenvalue weighted by Gasteiger charge is -2.22. The lowest BCUT2D eigenvalue weighted by Crippen LogP contribution is -2.27. The molecular formula is C9H14O2. The molecule has 62 valence electrons.